The minimum absolute atomic E-state index is 0.0622. The van der Waals surface area contributed by atoms with Crippen LogP contribution in [-0.2, 0) is 24.1 Å². The number of hydrogen-bond acceptors (Lipinski definition) is 10. The Bertz CT molecular complexity index is 2010. The van der Waals surface area contributed by atoms with E-state index in [-0.39, 0.29) is 25.1 Å². The number of ether oxygens (including phenoxy) is 4. The fourth-order valence-corrected chi connectivity index (χ4v) is 9.95. The fourth-order valence-electron chi connectivity index (χ4n) is 8.09. The first-order valence-corrected chi connectivity index (χ1v) is 20.4. The van der Waals surface area contributed by atoms with E-state index in [0.717, 1.165) is 23.1 Å². The number of aromatic nitrogens is 2. The highest BCUT2D eigenvalue weighted by atomic mass is 31.2. The zero-order valence-corrected chi connectivity index (χ0v) is 34.2. The smallest absolute Gasteiger partial charge is 0.330 e. The van der Waals surface area contributed by atoms with Gasteiger partial charge in [-0.15, -0.1) is 0 Å². The number of hydrogen-bond donors (Lipinski definition) is 1. The Morgan fingerprint density at radius 2 is 1.54 bits per heavy atom. The van der Waals surface area contributed by atoms with Crippen LogP contribution in [0.2, 0.25) is 0 Å². The monoisotopic (exact) mass is 784 g/mol. The van der Waals surface area contributed by atoms with Crippen molar-refractivity contribution < 1.29 is 28.0 Å². The Hall–Kier alpha value is -4.34. The van der Waals surface area contributed by atoms with E-state index < -0.39 is 49.4 Å². The number of fused-ring (bicyclic) bond motifs is 1. The number of methoxy groups -OCH3 is 2. The van der Waals surface area contributed by atoms with Crippen LogP contribution in [0.1, 0.15) is 88.3 Å². The summed E-state index contributed by atoms with van der Waals surface area (Å²) in [6.07, 6.45) is 2.04. The van der Waals surface area contributed by atoms with Crippen LogP contribution in [0.5, 0.6) is 11.5 Å². The lowest BCUT2D eigenvalue weighted by molar-refractivity contribution is -0.178. The third-order valence-corrected chi connectivity index (χ3v) is 12.9. The number of H-pyrrole nitrogens is 1. The number of benzene rings is 3. The Balaban J connectivity index is 1.53. The third kappa shape index (κ3) is 8.35. The van der Waals surface area contributed by atoms with Crippen LogP contribution in [0.15, 0.2) is 94.6 Å². The van der Waals surface area contributed by atoms with Gasteiger partial charge in [-0.1, -0.05) is 54.6 Å². The molecule has 1 aliphatic heterocycles. The fraction of sp³-hybridized carbons (Fsp3) is 0.465. The number of nitrogens with zero attached hydrogens (tertiary/aromatic N) is 3. The molecule has 4 aromatic rings. The molecule has 2 heterocycles. The normalized spacial score (nSPS) is 21.6. The third-order valence-electron chi connectivity index (χ3n) is 10.6. The van der Waals surface area contributed by atoms with E-state index in [4.69, 9.17) is 28.0 Å². The van der Waals surface area contributed by atoms with Crippen molar-refractivity contribution in [2.45, 2.75) is 108 Å². The van der Waals surface area contributed by atoms with Crippen molar-refractivity contribution in [3.63, 3.8) is 0 Å². The summed E-state index contributed by atoms with van der Waals surface area (Å²) in [5.74, 6) is 1.42. The standard InChI is InChI=1S/C43H53N4O8P/c1-29(2)47(30(3)4)56(52-26-12-25-44)55-42-24-11-15-37(39(42)53-38(27-42)46-28-31(5)40(48)45-41(46)49)54-43(32-13-9-8-10-14-32,33-16-20-35(50-6)21-17-33)34-18-22-36(51-7)23-19-34/h8-10,13-14,16-23,28-30,37-39H,11-12,15,24,26-27H2,1-7H3,(H,45,48,49)/t37-,38+,39-,42+,56?/m0/s1. The summed E-state index contributed by atoms with van der Waals surface area (Å²) in [7, 11) is 1.58. The number of aryl methyl sites for hydroxylation is 1. The van der Waals surface area contributed by atoms with Gasteiger partial charge in [0.2, 0.25) is 0 Å². The van der Waals surface area contributed by atoms with Crippen LogP contribution in [0, 0.1) is 18.3 Å². The van der Waals surface area contributed by atoms with Crippen molar-refractivity contribution in [3.8, 4) is 17.6 Å². The highest BCUT2D eigenvalue weighted by Crippen LogP contribution is 2.58. The molecule has 1 aliphatic carbocycles. The van der Waals surface area contributed by atoms with Crippen LogP contribution in [0.25, 0.3) is 0 Å². The summed E-state index contributed by atoms with van der Waals surface area (Å²) < 4.78 is 43.3. The molecule has 1 N–H and O–H groups in total. The minimum Gasteiger partial charge on any atom is -0.497 e. The maximum atomic E-state index is 13.4. The van der Waals surface area contributed by atoms with Gasteiger partial charge in [0, 0.05) is 30.3 Å². The molecule has 2 aliphatic rings. The second-order valence-corrected chi connectivity index (χ2v) is 16.3. The van der Waals surface area contributed by atoms with Crippen molar-refractivity contribution in [2.75, 3.05) is 20.8 Å². The molecule has 1 unspecified atom stereocenters. The lowest BCUT2D eigenvalue weighted by Crippen LogP contribution is -2.54. The molecule has 12 nitrogen and oxygen atoms in total. The van der Waals surface area contributed by atoms with Gasteiger partial charge in [0.05, 0.1) is 39.4 Å². The summed E-state index contributed by atoms with van der Waals surface area (Å²) in [6.45, 7) is 10.3. The van der Waals surface area contributed by atoms with Crippen LogP contribution in [-0.4, -0.2) is 64.9 Å². The molecule has 13 heteroatoms. The first kappa shape index (κ1) is 41.3. The van der Waals surface area contributed by atoms with Crippen molar-refractivity contribution in [3.05, 3.63) is 128 Å². The quantitative estimate of drug-likeness (QED) is 0.0683. The molecule has 1 saturated carbocycles. The Morgan fingerprint density at radius 3 is 2.09 bits per heavy atom. The summed E-state index contributed by atoms with van der Waals surface area (Å²) in [5.41, 5.74) is -0.0768. The van der Waals surface area contributed by atoms with Gasteiger partial charge in [0.1, 0.15) is 35.0 Å². The second kappa shape index (κ2) is 17.9. The molecule has 3 aromatic carbocycles. The molecule has 1 saturated heterocycles. The van der Waals surface area contributed by atoms with Crippen LogP contribution >= 0.6 is 8.53 Å². The van der Waals surface area contributed by atoms with E-state index in [2.05, 4.69) is 55.6 Å². The zero-order valence-electron chi connectivity index (χ0n) is 33.3. The van der Waals surface area contributed by atoms with Crippen molar-refractivity contribution in [2.24, 2.45) is 0 Å². The molecule has 0 radical (unpaired) electrons. The molecule has 0 spiro atoms. The van der Waals surface area contributed by atoms with E-state index in [1.807, 2.05) is 66.7 Å². The molecule has 2 fully saturated rings. The van der Waals surface area contributed by atoms with Crippen LogP contribution in [0.4, 0.5) is 0 Å². The van der Waals surface area contributed by atoms with Crippen LogP contribution < -0.4 is 20.7 Å². The average molecular weight is 785 g/mol. The topological polar surface area (TPSA) is 137 Å². The Kier molecular flexibility index (Phi) is 13.2. The van der Waals surface area contributed by atoms with Gasteiger partial charge >= 0.3 is 5.69 Å². The van der Waals surface area contributed by atoms with Gasteiger partial charge in [0.25, 0.3) is 14.1 Å². The molecule has 0 amide bonds. The maximum Gasteiger partial charge on any atom is 0.330 e. The second-order valence-electron chi connectivity index (χ2n) is 14.9. The van der Waals surface area contributed by atoms with Gasteiger partial charge in [-0.3, -0.25) is 14.3 Å². The number of rotatable bonds is 16. The molecular weight excluding hydrogens is 731 g/mol. The first-order valence-electron chi connectivity index (χ1n) is 19.2. The van der Waals surface area contributed by atoms with Gasteiger partial charge in [0.15, 0.2) is 0 Å². The van der Waals surface area contributed by atoms with Crippen molar-refractivity contribution in [1.82, 2.24) is 14.2 Å². The highest BCUT2D eigenvalue weighted by molar-refractivity contribution is 7.44. The van der Waals surface area contributed by atoms with E-state index in [1.165, 1.54) is 4.57 Å². The number of nitrogens with one attached hydrogen (secondary N) is 1. The van der Waals surface area contributed by atoms with Gasteiger partial charge < -0.3 is 28.0 Å². The predicted octanol–water partition coefficient (Wildman–Crippen LogP) is 7.74. The summed E-state index contributed by atoms with van der Waals surface area (Å²) in [6, 6.07) is 28.2. The van der Waals surface area contributed by atoms with Gasteiger partial charge in [-0.25, -0.2) is 9.46 Å². The van der Waals surface area contributed by atoms with Gasteiger partial charge in [-0.05, 0) is 94.8 Å². The largest absolute Gasteiger partial charge is 0.497 e. The van der Waals surface area contributed by atoms with E-state index >= 15 is 0 Å². The molecule has 56 heavy (non-hydrogen) atoms. The van der Waals surface area contributed by atoms with E-state index in [0.29, 0.717) is 36.3 Å². The Morgan fingerprint density at radius 1 is 0.946 bits per heavy atom. The Labute approximate surface area is 330 Å². The summed E-state index contributed by atoms with van der Waals surface area (Å²) in [4.78, 5) is 28.3. The molecule has 5 atom stereocenters. The van der Waals surface area contributed by atoms with Gasteiger partial charge in [-0.2, -0.15) is 5.26 Å². The molecule has 298 valence electrons. The number of aromatic amines is 1. The highest BCUT2D eigenvalue weighted by Gasteiger charge is 2.59. The lowest BCUT2D eigenvalue weighted by Gasteiger charge is -2.48. The maximum absolute atomic E-state index is 13.4. The number of nitriles is 1. The molecule has 6 rings (SSSR count). The summed E-state index contributed by atoms with van der Waals surface area (Å²) in [5, 5.41) is 9.43. The predicted molar refractivity (Wildman–Crippen MR) is 215 cm³/mol. The zero-order chi connectivity index (χ0) is 40.0. The van der Waals surface area contributed by atoms with E-state index in [9.17, 15) is 14.9 Å². The molecular formula is C43H53N4O8P. The van der Waals surface area contributed by atoms with Crippen molar-refractivity contribution >= 4 is 8.53 Å². The van der Waals surface area contributed by atoms with Crippen molar-refractivity contribution in [1.29, 1.82) is 5.26 Å². The first-order chi connectivity index (χ1) is 27.0. The summed E-state index contributed by atoms with van der Waals surface area (Å²) >= 11 is 0. The average Bonchev–Trinajstić information content (AvgIpc) is 3.58. The van der Waals surface area contributed by atoms with Crippen LogP contribution in [0.3, 0.4) is 0 Å². The molecule has 0 bridgehead atoms. The van der Waals surface area contributed by atoms with E-state index in [1.54, 1.807) is 27.3 Å². The lowest BCUT2D eigenvalue weighted by atomic mass is 9.77. The minimum atomic E-state index is -1.71. The SMILES string of the molecule is COc1ccc(C(O[C@H]2CCC[C@@]3(OP(OCCC#N)N(C(C)C)C(C)C)C[C@H](n4cc(C)c(=O)[nH]c4=O)O[C@@H]23)(c2ccccc2)c2ccc(OC)cc2)cc1. The molecule has 1 aromatic heterocycles.